The van der Waals surface area contributed by atoms with Crippen molar-refractivity contribution in [2.45, 2.75) is 5.92 Å². The third-order valence-corrected chi connectivity index (χ3v) is 1.41. The van der Waals surface area contributed by atoms with E-state index in [1.165, 1.54) is 0 Å². The van der Waals surface area contributed by atoms with Gasteiger partial charge in [-0.1, -0.05) is 11.6 Å². The molecule has 1 rings (SSSR count). The lowest BCUT2D eigenvalue weighted by Crippen LogP contribution is -2.26. The highest BCUT2D eigenvalue weighted by atomic mass is 35.5. The Bertz CT molecular complexity index is 328. The van der Waals surface area contributed by atoms with Crippen molar-refractivity contribution >= 4 is 17.6 Å². The van der Waals surface area contributed by atoms with E-state index < -0.39 is 17.6 Å². The topological polar surface area (TPSA) is 63.1 Å². The van der Waals surface area contributed by atoms with Gasteiger partial charge in [0.05, 0.1) is 12.4 Å². The summed E-state index contributed by atoms with van der Waals surface area (Å²) in [6, 6.07) is 0. The molecule has 0 saturated carbocycles. The van der Waals surface area contributed by atoms with E-state index >= 15 is 0 Å². The molecule has 0 bridgehead atoms. The zero-order chi connectivity index (χ0) is 10.1. The van der Waals surface area contributed by atoms with Crippen molar-refractivity contribution in [3.05, 3.63) is 23.2 Å². The minimum atomic E-state index is -4.03. The number of alkyl halides is 2. The van der Waals surface area contributed by atoms with Gasteiger partial charge in [0.2, 0.25) is 0 Å². The van der Waals surface area contributed by atoms with E-state index in [1.807, 2.05) is 0 Å². The van der Waals surface area contributed by atoms with E-state index in [1.54, 1.807) is 0 Å². The average molecular weight is 209 g/mol. The number of carboxylic acid groups (broad SMARTS) is 1. The molecule has 0 aliphatic carbocycles. The number of carboxylic acids is 1. The number of nitrogens with zero attached hydrogens (tertiary/aromatic N) is 2. The Morgan fingerprint density at radius 3 is 2.46 bits per heavy atom. The molecule has 0 atom stereocenters. The minimum absolute atomic E-state index is 0.0788. The number of hydrogen-bond donors (Lipinski definition) is 1. The van der Waals surface area contributed by atoms with E-state index in [9.17, 15) is 13.6 Å². The van der Waals surface area contributed by atoms with Crippen molar-refractivity contribution in [3.8, 4) is 0 Å². The van der Waals surface area contributed by atoms with Crippen molar-refractivity contribution in [2.75, 3.05) is 0 Å². The number of carbonyl (C=O) groups is 1. The van der Waals surface area contributed by atoms with Crippen LogP contribution in [0.3, 0.4) is 0 Å². The van der Waals surface area contributed by atoms with Crippen LogP contribution < -0.4 is 0 Å². The summed E-state index contributed by atoms with van der Waals surface area (Å²) in [5, 5.41) is 8.03. The summed E-state index contributed by atoms with van der Waals surface area (Å²) >= 11 is 5.28. The molecule has 1 heterocycles. The van der Waals surface area contributed by atoms with Crippen LogP contribution in [0.1, 0.15) is 5.69 Å². The van der Waals surface area contributed by atoms with Gasteiger partial charge >= 0.3 is 11.9 Å². The van der Waals surface area contributed by atoms with Gasteiger partial charge in [0, 0.05) is 0 Å². The quantitative estimate of drug-likeness (QED) is 0.796. The number of halogens is 3. The average Bonchev–Trinajstić information content (AvgIpc) is 2.04. The molecule has 70 valence electrons. The van der Waals surface area contributed by atoms with Gasteiger partial charge in [-0.05, 0) is 0 Å². The van der Waals surface area contributed by atoms with E-state index in [-0.39, 0.29) is 5.15 Å². The summed E-state index contributed by atoms with van der Waals surface area (Å²) < 4.78 is 25.3. The van der Waals surface area contributed by atoms with Crippen LogP contribution in [0.2, 0.25) is 5.15 Å². The fraction of sp³-hybridized carbons (Fsp3) is 0.167. The van der Waals surface area contributed by atoms with Crippen LogP contribution in [0.4, 0.5) is 8.78 Å². The molecule has 7 heteroatoms. The fourth-order valence-corrected chi connectivity index (χ4v) is 0.682. The lowest BCUT2D eigenvalue weighted by atomic mass is 10.2. The number of aliphatic carboxylic acids is 1. The summed E-state index contributed by atoms with van der Waals surface area (Å²) in [6.45, 7) is 0. The molecule has 0 aliphatic rings. The maximum Gasteiger partial charge on any atom is 0.385 e. The van der Waals surface area contributed by atoms with Gasteiger partial charge < -0.3 is 5.11 Å². The number of aromatic nitrogens is 2. The smallest absolute Gasteiger partial charge is 0.385 e. The molecule has 1 aromatic heterocycles. The van der Waals surface area contributed by atoms with Crippen molar-refractivity contribution < 1.29 is 18.7 Å². The molecule has 0 fully saturated rings. The van der Waals surface area contributed by atoms with Crippen molar-refractivity contribution in [2.24, 2.45) is 0 Å². The number of hydrogen-bond acceptors (Lipinski definition) is 3. The highest BCUT2D eigenvalue weighted by molar-refractivity contribution is 6.29. The van der Waals surface area contributed by atoms with Crippen LogP contribution in [0, 0.1) is 0 Å². The Balaban J connectivity index is 3.08. The van der Waals surface area contributed by atoms with Crippen LogP contribution in [0.15, 0.2) is 12.4 Å². The molecular weight excluding hydrogens is 206 g/mol. The molecule has 0 saturated heterocycles. The normalized spacial score (nSPS) is 11.3. The summed E-state index contributed by atoms with van der Waals surface area (Å²) in [5.41, 5.74) is -0.940. The van der Waals surface area contributed by atoms with Gasteiger partial charge in [0.15, 0.2) is 0 Å². The molecule has 0 spiro atoms. The highest BCUT2D eigenvalue weighted by Gasteiger charge is 2.42. The standard InChI is InChI=1S/C6H3ClF2N2O2/c7-4-2-10-3(1-11-4)6(8,9)5(12)13/h1-2H,(H,12,13). The first-order valence-electron chi connectivity index (χ1n) is 3.04. The first-order chi connectivity index (χ1) is 5.94. The SMILES string of the molecule is O=C(O)C(F)(F)c1cnc(Cl)cn1. The summed E-state index contributed by atoms with van der Waals surface area (Å²) in [7, 11) is 0. The Hall–Kier alpha value is -1.30. The molecule has 1 N–H and O–H groups in total. The Morgan fingerprint density at radius 1 is 1.46 bits per heavy atom. The molecule has 1 aromatic rings. The maximum atomic E-state index is 12.7. The molecular formula is C6H3ClF2N2O2. The summed E-state index contributed by atoms with van der Waals surface area (Å²) in [4.78, 5) is 16.5. The maximum absolute atomic E-state index is 12.7. The van der Waals surface area contributed by atoms with Gasteiger partial charge in [0.25, 0.3) is 0 Å². The number of rotatable bonds is 2. The zero-order valence-corrected chi connectivity index (χ0v) is 6.79. The van der Waals surface area contributed by atoms with Gasteiger partial charge in [-0.3, -0.25) is 0 Å². The highest BCUT2D eigenvalue weighted by Crippen LogP contribution is 2.25. The van der Waals surface area contributed by atoms with Crippen LogP contribution in [0.25, 0.3) is 0 Å². The lowest BCUT2D eigenvalue weighted by Gasteiger charge is -2.08. The predicted molar refractivity (Wildman–Crippen MR) is 38.6 cm³/mol. The van der Waals surface area contributed by atoms with Crippen molar-refractivity contribution in [1.82, 2.24) is 9.97 Å². The minimum Gasteiger partial charge on any atom is -0.476 e. The van der Waals surface area contributed by atoms with E-state index in [4.69, 9.17) is 16.7 Å². The summed E-state index contributed by atoms with van der Waals surface area (Å²) in [6.07, 6.45) is 1.48. The molecule has 0 amide bonds. The Labute approximate surface area is 76.2 Å². The lowest BCUT2D eigenvalue weighted by molar-refractivity contribution is -0.167. The van der Waals surface area contributed by atoms with Gasteiger partial charge in [-0.15, -0.1) is 0 Å². The van der Waals surface area contributed by atoms with E-state index in [0.717, 1.165) is 6.20 Å². The van der Waals surface area contributed by atoms with Crippen molar-refractivity contribution in [1.29, 1.82) is 0 Å². The Morgan fingerprint density at radius 2 is 2.08 bits per heavy atom. The second-order valence-corrected chi connectivity index (χ2v) is 2.49. The van der Waals surface area contributed by atoms with Crippen molar-refractivity contribution in [3.63, 3.8) is 0 Å². The first kappa shape index (κ1) is 9.79. The monoisotopic (exact) mass is 208 g/mol. The van der Waals surface area contributed by atoms with Crippen LogP contribution in [0.5, 0.6) is 0 Å². The van der Waals surface area contributed by atoms with E-state index in [2.05, 4.69) is 9.97 Å². The van der Waals surface area contributed by atoms with Crippen LogP contribution in [-0.2, 0) is 10.7 Å². The van der Waals surface area contributed by atoms with Gasteiger partial charge in [0.1, 0.15) is 10.8 Å². The Kier molecular flexibility index (Phi) is 2.42. The van der Waals surface area contributed by atoms with Gasteiger partial charge in [-0.25, -0.2) is 14.8 Å². The largest absolute Gasteiger partial charge is 0.476 e. The predicted octanol–water partition coefficient (Wildman–Crippen LogP) is 1.31. The summed E-state index contributed by atoms with van der Waals surface area (Å²) in [5.74, 6) is -6.30. The van der Waals surface area contributed by atoms with Crippen LogP contribution >= 0.6 is 11.6 Å². The molecule has 13 heavy (non-hydrogen) atoms. The third-order valence-electron chi connectivity index (χ3n) is 1.21. The molecule has 0 radical (unpaired) electrons. The molecule has 0 unspecified atom stereocenters. The molecule has 0 aromatic carbocycles. The zero-order valence-electron chi connectivity index (χ0n) is 6.04. The fourth-order valence-electron chi connectivity index (χ4n) is 0.584. The molecule has 4 nitrogen and oxygen atoms in total. The third kappa shape index (κ3) is 1.89. The van der Waals surface area contributed by atoms with E-state index in [0.29, 0.717) is 6.20 Å². The van der Waals surface area contributed by atoms with Crippen LogP contribution in [-0.4, -0.2) is 21.0 Å². The second-order valence-electron chi connectivity index (χ2n) is 2.10. The first-order valence-corrected chi connectivity index (χ1v) is 3.41. The molecule has 0 aliphatic heterocycles. The second kappa shape index (κ2) is 3.21. The van der Waals surface area contributed by atoms with Gasteiger partial charge in [-0.2, -0.15) is 8.78 Å².